The zero-order valence-corrected chi connectivity index (χ0v) is 13.1. The number of benzene rings is 1. The molecule has 2 saturated carbocycles. The summed E-state index contributed by atoms with van der Waals surface area (Å²) in [5.41, 5.74) is 6.72. The Labute approximate surface area is 127 Å². The molecule has 2 bridgehead atoms. The molecule has 0 spiro atoms. The van der Waals surface area contributed by atoms with Gasteiger partial charge in [0, 0.05) is 21.5 Å². The molecule has 0 aliphatic heterocycles. The molecular formula is C15H19BrClNO. The van der Waals surface area contributed by atoms with Crippen molar-refractivity contribution in [3.8, 4) is 0 Å². The molecule has 2 aliphatic rings. The van der Waals surface area contributed by atoms with E-state index in [1.54, 1.807) is 0 Å². The van der Waals surface area contributed by atoms with Crippen LogP contribution in [0.4, 0.5) is 0 Å². The van der Waals surface area contributed by atoms with Gasteiger partial charge in [0.1, 0.15) is 0 Å². The molecule has 3 N–H and O–H groups in total. The normalized spacial score (nSPS) is 34.7. The third-order valence-corrected chi connectivity index (χ3v) is 6.03. The number of aliphatic hydroxyl groups is 1. The predicted molar refractivity (Wildman–Crippen MR) is 81.0 cm³/mol. The SMILES string of the molecule is NCC1(C(O)c2ccc(Br)cc2Cl)CC2CCC1C2. The second kappa shape index (κ2) is 5.03. The van der Waals surface area contributed by atoms with Gasteiger partial charge in [-0.2, -0.15) is 0 Å². The lowest BCUT2D eigenvalue weighted by atomic mass is 9.67. The molecule has 4 atom stereocenters. The molecule has 0 saturated heterocycles. The highest BCUT2D eigenvalue weighted by molar-refractivity contribution is 9.10. The fourth-order valence-electron chi connectivity index (χ4n) is 4.22. The van der Waals surface area contributed by atoms with Crippen molar-refractivity contribution in [3.05, 3.63) is 33.3 Å². The van der Waals surface area contributed by atoms with E-state index in [4.69, 9.17) is 17.3 Å². The quantitative estimate of drug-likeness (QED) is 0.873. The number of rotatable bonds is 3. The Bertz CT molecular complexity index is 495. The molecule has 0 heterocycles. The summed E-state index contributed by atoms with van der Waals surface area (Å²) in [4.78, 5) is 0. The number of fused-ring (bicyclic) bond motifs is 2. The minimum Gasteiger partial charge on any atom is -0.388 e. The first-order valence-electron chi connectivity index (χ1n) is 6.90. The van der Waals surface area contributed by atoms with E-state index in [0.717, 1.165) is 22.4 Å². The van der Waals surface area contributed by atoms with Crippen LogP contribution in [-0.2, 0) is 0 Å². The molecule has 0 aromatic heterocycles. The average molecular weight is 345 g/mol. The van der Waals surface area contributed by atoms with Crippen LogP contribution in [0.15, 0.2) is 22.7 Å². The number of hydrogen-bond acceptors (Lipinski definition) is 2. The summed E-state index contributed by atoms with van der Waals surface area (Å²) in [6.07, 6.45) is 4.22. The first-order chi connectivity index (χ1) is 9.06. The van der Waals surface area contributed by atoms with Crippen molar-refractivity contribution in [2.45, 2.75) is 31.8 Å². The van der Waals surface area contributed by atoms with E-state index in [0.29, 0.717) is 17.5 Å². The van der Waals surface area contributed by atoms with Gasteiger partial charge in [0.2, 0.25) is 0 Å². The van der Waals surface area contributed by atoms with Crippen LogP contribution in [0.5, 0.6) is 0 Å². The maximum absolute atomic E-state index is 10.9. The van der Waals surface area contributed by atoms with Gasteiger partial charge in [-0.05, 0) is 48.8 Å². The van der Waals surface area contributed by atoms with Crippen molar-refractivity contribution < 1.29 is 5.11 Å². The van der Waals surface area contributed by atoms with Gasteiger partial charge >= 0.3 is 0 Å². The molecule has 0 radical (unpaired) electrons. The smallest absolute Gasteiger partial charge is 0.0875 e. The molecule has 2 nitrogen and oxygen atoms in total. The average Bonchev–Trinajstić information content (AvgIpc) is 2.98. The van der Waals surface area contributed by atoms with Gasteiger partial charge in [-0.15, -0.1) is 0 Å². The molecule has 1 aromatic carbocycles. The fourth-order valence-corrected chi connectivity index (χ4v) is 4.99. The van der Waals surface area contributed by atoms with Crippen LogP contribution in [0.25, 0.3) is 0 Å². The van der Waals surface area contributed by atoms with Crippen LogP contribution < -0.4 is 5.73 Å². The van der Waals surface area contributed by atoms with Crippen molar-refractivity contribution in [1.29, 1.82) is 0 Å². The number of hydrogen-bond donors (Lipinski definition) is 2. The van der Waals surface area contributed by atoms with E-state index < -0.39 is 6.10 Å². The molecular weight excluding hydrogens is 326 g/mol. The second-order valence-corrected chi connectivity index (χ2v) is 7.41. The van der Waals surface area contributed by atoms with E-state index in [1.807, 2.05) is 18.2 Å². The zero-order chi connectivity index (χ0) is 13.6. The number of nitrogens with two attached hydrogens (primary N) is 1. The molecule has 1 aromatic rings. The van der Waals surface area contributed by atoms with Gasteiger partial charge in [-0.1, -0.05) is 40.0 Å². The molecule has 104 valence electrons. The molecule has 19 heavy (non-hydrogen) atoms. The Morgan fingerprint density at radius 3 is 2.79 bits per heavy atom. The van der Waals surface area contributed by atoms with Crippen LogP contribution in [0, 0.1) is 17.3 Å². The van der Waals surface area contributed by atoms with E-state index in [1.165, 1.54) is 19.3 Å². The van der Waals surface area contributed by atoms with Crippen LogP contribution in [-0.4, -0.2) is 11.7 Å². The van der Waals surface area contributed by atoms with E-state index >= 15 is 0 Å². The Balaban J connectivity index is 1.96. The van der Waals surface area contributed by atoms with Crippen molar-refractivity contribution in [3.63, 3.8) is 0 Å². The van der Waals surface area contributed by atoms with E-state index in [-0.39, 0.29) is 5.41 Å². The third-order valence-electron chi connectivity index (χ3n) is 5.20. The topological polar surface area (TPSA) is 46.2 Å². The molecule has 2 aliphatic carbocycles. The molecule has 3 rings (SSSR count). The summed E-state index contributed by atoms with van der Waals surface area (Å²) < 4.78 is 0.934. The Kier molecular flexibility index (Phi) is 3.67. The highest BCUT2D eigenvalue weighted by Crippen LogP contribution is 2.60. The minimum absolute atomic E-state index is 0.166. The first kappa shape index (κ1) is 13.9. The highest BCUT2D eigenvalue weighted by atomic mass is 79.9. The standard InChI is InChI=1S/C15H19BrClNO/c16-11-3-4-12(13(17)6-11)14(19)15(8-18)7-9-1-2-10(15)5-9/h3-4,6,9-10,14,19H,1-2,5,7-8,18H2. The summed E-state index contributed by atoms with van der Waals surface area (Å²) >= 11 is 9.69. The summed E-state index contributed by atoms with van der Waals surface area (Å²) in [5, 5.41) is 11.5. The minimum atomic E-state index is -0.548. The maximum atomic E-state index is 10.9. The predicted octanol–water partition coefficient (Wildman–Crippen LogP) is 3.90. The Morgan fingerprint density at radius 1 is 1.47 bits per heavy atom. The van der Waals surface area contributed by atoms with Gasteiger partial charge in [0.05, 0.1) is 6.10 Å². The zero-order valence-electron chi connectivity index (χ0n) is 10.8. The highest BCUT2D eigenvalue weighted by Gasteiger charge is 2.54. The molecule has 4 heteroatoms. The van der Waals surface area contributed by atoms with Crippen LogP contribution in [0.3, 0.4) is 0 Å². The number of aliphatic hydroxyl groups excluding tert-OH is 1. The van der Waals surface area contributed by atoms with Gasteiger partial charge in [0.15, 0.2) is 0 Å². The van der Waals surface area contributed by atoms with Crippen molar-refractivity contribution in [2.75, 3.05) is 6.54 Å². The van der Waals surface area contributed by atoms with Crippen LogP contribution >= 0.6 is 27.5 Å². The monoisotopic (exact) mass is 343 g/mol. The lowest BCUT2D eigenvalue weighted by Crippen LogP contribution is -2.41. The van der Waals surface area contributed by atoms with Crippen molar-refractivity contribution >= 4 is 27.5 Å². The maximum Gasteiger partial charge on any atom is 0.0875 e. The Hall–Kier alpha value is -0.0900. The lowest BCUT2D eigenvalue weighted by Gasteiger charge is -2.41. The summed E-state index contributed by atoms with van der Waals surface area (Å²) in [5.74, 6) is 1.30. The first-order valence-corrected chi connectivity index (χ1v) is 8.07. The number of halogens is 2. The van der Waals surface area contributed by atoms with Gasteiger partial charge in [0.25, 0.3) is 0 Å². The van der Waals surface area contributed by atoms with Crippen molar-refractivity contribution in [1.82, 2.24) is 0 Å². The van der Waals surface area contributed by atoms with E-state index in [2.05, 4.69) is 15.9 Å². The molecule has 4 unspecified atom stereocenters. The summed E-state index contributed by atoms with van der Waals surface area (Å²) in [6.45, 7) is 0.543. The van der Waals surface area contributed by atoms with Gasteiger partial charge in [-0.25, -0.2) is 0 Å². The lowest BCUT2D eigenvalue weighted by molar-refractivity contribution is -0.0129. The van der Waals surface area contributed by atoms with Crippen LogP contribution in [0.1, 0.15) is 37.4 Å². The summed E-state index contributed by atoms with van der Waals surface area (Å²) in [7, 11) is 0. The van der Waals surface area contributed by atoms with Crippen LogP contribution in [0.2, 0.25) is 5.02 Å². The Morgan fingerprint density at radius 2 is 2.26 bits per heavy atom. The third kappa shape index (κ3) is 2.15. The second-order valence-electron chi connectivity index (χ2n) is 6.09. The van der Waals surface area contributed by atoms with Gasteiger partial charge in [-0.3, -0.25) is 0 Å². The largest absolute Gasteiger partial charge is 0.388 e. The fraction of sp³-hybridized carbons (Fsp3) is 0.600. The van der Waals surface area contributed by atoms with E-state index in [9.17, 15) is 5.11 Å². The molecule has 0 amide bonds. The molecule has 2 fully saturated rings. The van der Waals surface area contributed by atoms with Crippen molar-refractivity contribution in [2.24, 2.45) is 23.0 Å². The van der Waals surface area contributed by atoms with Gasteiger partial charge < -0.3 is 10.8 Å². The summed E-state index contributed by atoms with van der Waals surface area (Å²) in [6, 6.07) is 5.69.